The van der Waals surface area contributed by atoms with Crippen LogP contribution < -0.4 is 10.6 Å². The van der Waals surface area contributed by atoms with Gasteiger partial charge in [0.05, 0.1) is 11.7 Å². The first kappa shape index (κ1) is 20.5. The van der Waals surface area contributed by atoms with Crippen LogP contribution in [0.1, 0.15) is 44.7 Å². The van der Waals surface area contributed by atoms with Gasteiger partial charge in [0, 0.05) is 18.8 Å². The zero-order chi connectivity index (χ0) is 17.6. The average molecular weight is 377 g/mol. The number of amides is 1. The molecule has 0 bridgehead atoms. The number of hydrogen-bond donors (Lipinski definition) is 2. The van der Waals surface area contributed by atoms with Gasteiger partial charge >= 0.3 is 0 Å². The number of nitrogens with one attached hydrogen (secondary N) is 2. The van der Waals surface area contributed by atoms with Gasteiger partial charge in [-0.3, -0.25) is 4.79 Å². The maximum Gasteiger partial charge on any atom is 0.220 e. The zero-order valence-corrected chi connectivity index (χ0v) is 16.3. The minimum Gasteiger partial charge on any atom is -0.349 e. The fourth-order valence-corrected chi connectivity index (χ4v) is 3.68. The van der Waals surface area contributed by atoms with E-state index < -0.39 is 0 Å². The zero-order valence-electron chi connectivity index (χ0n) is 15.5. The van der Waals surface area contributed by atoms with Crippen LogP contribution in [-0.4, -0.2) is 28.8 Å². The molecule has 1 fully saturated rings. The van der Waals surface area contributed by atoms with Crippen molar-refractivity contribution < 1.29 is 4.79 Å². The molecule has 0 saturated carbocycles. The monoisotopic (exact) mass is 376 g/mol. The number of carbonyl (C=O) groups is 1. The molecule has 1 aromatic heterocycles. The Balaban J connectivity index is 0.00000243. The van der Waals surface area contributed by atoms with Gasteiger partial charge in [-0.1, -0.05) is 25.1 Å². The molecular weight excluding hydrogens is 348 g/mol. The van der Waals surface area contributed by atoms with Crippen LogP contribution in [-0.2, 0) is 4.79 Å². The van der Waals surface area contributed by atoms with E-state index in [1.165, 1.54) is 12.8 Å². The van der Waals surface area contributed by atoms with E-state index in [9.17, 15) is 4.79 Å². The van der Waals surface area contributed by atoms with Crippen molar-refractivity contribution in [3.8, 4) is 5.69 Å². The van der Waals surface area contributed by atoms with Gasteiger partial charge in [0.2, 0.25) is 5.91 Å². The van der Waals surface area contributed by atoms with Crippen LogP contribution in [0.3, 0.4) is 0 Å². The number of piperidine rings is 1. The summed E-state index contributed by atoms with van der Waals surface area (Å²) in [5, 5.41) is 10.9. The summed E-state index contributed by atoms with van der Waals surface area (Å²) in [5.41, 5.74) is 2.08. The van der Waals surface area contributed by atoms with Crippen molar-refractivity contribution in [3.05, 3.63) is 48.3 Å². The van der Waals surface area contributed by atoms with Crippen molar-refractivity contribution >= 4 is 18.3 Å². The van der Waals surface area contributed by atoms with E-state index in [0.717, 1.165) is 24.3 Å². The lowest BCUT2D eigenvalue weighted by atomic mass is 9.85. The first-order valence-electron chi connectivity index (χ1n) is 9.24. The number of para-hydroxylation sites is 1. The summed E-state index contributed by atoms with van der Waals surface area (Å²) in [7, 11) is 0. The Labute approximate surface area is 162 Å². The maximum atomic E-state index is 12.5. The van der Waals surface area contributed by atoms with Gasteiger partial charge in [-0.25, -0.2) is 4.68 Å². The number of benzene rings is 1. The van der Waals surface area contributed by atoms with Crippen molar-refractivity contribution in [1.82, 2.24) is 20.4 Å². The van der Waals surface area contributed by atoms with Crippen LogP contribution in [0.15, 0.2) is 42.7 Å². The minimum atomic E-state index is -0.0513. The minimum absolute atomic E-state index is 0. The molecule has 1 amide bonds. The summed E-state index contributed by atoms with van der Waals surface area (Å²) in [6, 6.07) is 9.93. The van der Waals surface area contributed by atoms with Crippen molar-refractivity contribution in [2.75, 3.05) is 13.1 Å². The molecule has 1 aromatic carbocycles. The van der Waals surface area contributed by atoms with Gasteiger partial charge in [-0.05, 0) is 62.4 Å². The second-order valence-corrected chi connectivity index (χ2v) is 7.09. The van der Waals surface area contributed by atoms with Crippen molar-refractivity contribution in [2.24, 2.45) is 11.8 Å². The molecule has 3 unspecified atom stereocenters. The van der Waals surface area contributed by atoms with Crippen LogP contribution in [0.4, 0.5) is 0 Å². The number of carbonyl (C=O) groups excluding carboxylic acids is 1. The number of nitrogens with zero attached hydrogens (tertiary/aromatic N) is 2. The average Bonchev–Trinajstić information content (AvgIpc) is 3.17. The van der Waals surface area contributed by atoms with E-state index in [-0.39, 0.29) is 24.4 Å². The van der Waals surface area contributed by atoms with E-state index in [2.05, 4.69) is 28.7 Å². The fraction of sp³-hybridized carbons (Fsp3) is 0.500. The second-order valence-electron chi connectivity index (χ2n) is 7.09. The molecule has 1 saturated heterocycles. The van der Waals surface area contributed by atoms with Crippen molar-refractivity contribution in [2.45, 2.75) is 39.2 Å². The molecule has 0 aliphatic carbocycles. The Hall–Kier alpha value is -1.85. The maximum absolute atomic E-state index is 12.5. The Bertz CT molecular complexity index is 683. The summed E-state index contributed by atoms with van der Waals surface area (Å²) in [6.45, 7) is 6.37. The third-order valence-electron chi connectivity index (χ3n) is 5.18. The standard InChI is InChI=1S/C20H28N4O.ClH/c1-15(17-7-5-10-21-14-17)13-20(25)23-16(2)18-8-3-4-9-19(18)24-12-6-11-22-24;/h3-4,6,8-9,11-12,15-17,21H,5,7,10,13-14H2,1-2H3,(H,23,25);1H. The normalized spacial score (nSPS) is 19.2. The van der Waals surface area contributed by atoms with Gasteiger partial charge in [0.25, 0.3) is 0 Å². The molecule has 6 heteroatoms. The van der Waals surface area contributed by atoms with Crippen LogP contribution >= 0.6 is 12.4 Å². The Kier molecular flexibility index (Phi) is 7.66. The van der Waals surface area contributed by atoms with Crippen molar-refractivity contribution in [3.63, 3.8) is 0 Å². The fourth-order valence-electron chi connectivity index (χ4n) is 3.68. The number of aromatic nitrogens is 2. The quantitative estimate of drug-likeness (QED) is 0.811. The van der Waals surface area contributed by atoms with Gasteiger partial charge in [-0.2, -0.15) is 5.10 Å². The highest BCUT2D eigenvalue weighted by molar-refractivity contribution is 5.85. The lowest BCUT2D eigenvalue weighted by molar-refractivity contribution is -0.123. The number of halogens is 1. The summed E-state index contributed by atoms with van der Waals surface area (Å²) < 4.78 is 1.84. The van der Waals surface area contributed by atoms with E-state index in [4.69, 9.17) is 0 Å². The largest absolute Gasteiger partial charge is 0.349 e. The molecule has 0 radical (unpaired) electrons. The van der Waals surface area contributed by atoms with Gasteiger partial charge in [0.15, 0.2) is 0 Å². The lowest BCUT2D eigenvalue weighted by Gasteiger charge is -2.28. The highest BCUT2D eigenvalue weighted by Gasteiger charge is 2.23. The third-order valence-corrected chi connectivity index (χ3v) is 5.18. The summed E-state index contributed by atoms with van der Waals surface area (Å²) in [5.74, 6) is 1.13. The van der Waals surface area contributed by atoms with E-state index >= 15 is 0 Å². The van der Waals surface area contributed by atoms with E-state index in [1.54, 1.807) is 6.20 Å². The highest BCUT2D eigenvalue weighted by Crippen LogP contribution is 2.24. The molecule has 3 rings (SSSR count). The first-order chi connectivity index (χ1) is 12.1. The molecule has 2 N–H and O–H groups in total. The predicted octanol–water partition coefficient (Wildman–Crippen LogP) is 3.50. The Morgan fingerprint density at radius 2 is 2.15 bits per heavy atom. The molecule has 1 aliphatic heterocycles. The second kappa shape index (κ2) is 9.74. The molecule has 26 heavy (non-hydrogen) atoms. The predicted molar refractivity (Wildman–Crippen MR) is 107 cm³/mol. The number of hydrogen-bond acceptors (Lipinski definition) is 3. The first-order valence-corrected chi connectivity index (χ1v) is 9.24. The molecule has 5 nitrogen and oxygen atoms in total. The van der Waals surface area contributed by atoms with Crippen molar-refractivity contribution in [1.29, 1.82) is 0 Å². The van der Waals surface area contributed by atoms with E-state index in [1.807, 2.05) is 42.1 Å². The summed E-state index contributed by atoms with van der Waals surface area (Å²) in [4.78, 5) is 12.5. The van der Waals surface area contributed by atoms with Crippen LogP contribution in [0, 0.1) is 11.8 Å². The molecule has 142 valence electrons. The molecule has 1 aliphatic rings. The van der Waals surface area contributed by atoms with E-state index in [0.29, 0.717) is 18.3 Å². The number of rotatable bonds is 6. The smallest absolute Gasteiger partial charge is 0.220 e. The van der Waals surface area contributed by atoms with Gasteiger partial charge < -0.3 is 10.6 Å². The third kappa shape index (κ3) is 5.08. The summed E-state index contributed by atoms with van der Waals surface area (Å²) >= 11 is 0. The topological polar surface area (TPSA) is 59.0 Å². The Morgan fingerprint density at radius 3 is 2.85 bits per heavy atom. The molecule has 2 heterocycles. The SMILES string of the molecule is CC(NC(=O)CC(C)C1CCCNC1)c1ccccc1-n1cccn1.Cl. The molecule has 0 spiro atoms. The van der Waals surface area contributed by atoms with Gasteiger partial charge in [0.1, 0.15) is 0 Å². The molecular formula is C20H29ClN4O. The Morgan fingerprint density at radius 1 is 1.35 bits per heavy atom. The molecule has 2 aromatic rings. The molecule has 3 atom stereocenters. The van der Waals surface area contributed by atoms with Gasteiger partial charge in [-0.15, -0.1) is 12.4 Å². The van der Waals surface area contributed by atoms with Crippen LogP contribution in [0.5, 0.6) is 0 Å². The van der Waals surface area contributed by atoms with Crippen LogP contribution in [0.25, 0.3) is 5.69 Å². The lowest BCUT2D eigenvalue weighted by Crippen LogP contribution is -2.36. The highest BCUT2D eigenvalue weighted by atomic mass is 35.5. The summed E-state index contributed by atoms with van der Waals surface area (Å²) in [6.07, 6.45) is 6.70. The van der Waals surface area contributed by atoms with Crippen LogP contribution in [0.2, 0.25) is 0 Å².